The second-order valence-electron chi connectivity index (χ2n) is 6.58. The Bertz CT molecular complexity index is 727. The summed E-state index contributed by atoms with van der Waals surface area (Å²) in [5, 5.41) is 23.8. The lowest BCUT2D eigenvalue weighted by Gasteiger charge is -2.23. The summed E-state index contributed by atoms with van der Waals surface area (Å²) in [5.74, 6) is -0.400. The maximum atomic E-state index is 13.8. The molecular weight excluding hydrogens is 313 g/mol. The molecule has 24 heavy (non-hydrogen) atoms. The van der Waals surface area contributed by atoms with Gasteiger partial charge in [-0.3, -0.25) is 0 Å². The number of fused-ring (bicyclic) bond motifs is 1. The number of benzene rings is 2. The van der Waals surface area contributed by atoms with E-state index in [-0.39, 0.29) is 6.54 Å². The van der Waals surface area contributed by atoms with E-state index in [4.69, 9.17) is 4.74 Å². The highest BCUT2D eigenvalue weighted by Crippen LogP contribution is 2.28. The van der Waals surface area contributed by atoms with Crippen LogP contribution in [-0.2, 0) is 4.74 Å². The summed E-state index contributed by atoms with van der Waals surface area (Å²) in [5.41, 5.74) is -0.258. The summed E-state index contributed by atoms with van der Waals surface area (Å²) in [7, 11) is 0. The van der Waals surface area contributed by atoms with Crippen LogP contribution >= 0.6 is 0 Å². The van der Waals surface area contributed by atoms with Crippen molar-refractivity contribution in [2.24, 2.45) is 0 Å². The summed E-state index contributed by atoms with van der Waals surface area (Å²) >= 11 is 0. The first-order valence-electron chi connectivity index (χ1n) is 7.69. The van der Waals surface area contributed by atoms with E-state index >= 15 is 0 Å². The Morgan fingerprint density at radius 1 is 1.17 bits per heavy atom. The monoisotopic (exact) mass is 335 g/mol. The second-order valence-corrected chi connectivity index (χ2v) is 6.58. The minimum atomic E-state index is -1.27. The molecule has 0 radical (unpaired) electrons. The Balaban J connectivity index is 2.10. The van der Waals surface area contributed by atoms with Gasteiger partial charge in [-0.1, -0.05) is 30.3 Å². The molecule has 2 aromatic carbocycles. The highest BCUT2D eigenvalue weighted by atomic mass is 19.1. The zero-order chi connectivity index (χ0) is 17.9. The van der Waals surface area contributed by atoms with Crippen molar-refractivity contribution in [1.82, 2.24) is 5.32 Å². The number of alkyl carbamates (subject to hydrolysis) is 1. The maximum absolute atomic E-state index is 13.8. The van der Waals surface area contributed by atoms with Gasteiger partial charge in [0.05, 0.1) is 0 Å². The summed E-state index contributed by atoms with van der Waals surface area (Å²) in [6.45, 7) is 4.98. The first kappa shape index (κ1) is 18.2. The van der Waals surface area contributed by atoms with E-state index in [9.17, 15) is 19.4 Å². The number of hydrogen-bond acceptors (Lipinski definition) is 4. The van der Waals surface area contributed by atoms with Gasteiger partial charge in [0.25, 0.3) is 0 Å². The number of amides is 1. The van der Waals surface area contributed by atoms with Crippen molar-refractivity contribution >= 4 is 16.9 Å². The summed E-state index contributed by atoms with van der Waals surface area (Å²) < 4.78 is 18.9. The lowest BCUT2D eigenvalue weighted by Crippen LogP contribution is -2.38. The molecule has 0 spiro atoms. The maximum Gasteiger partial charge on any atom is 0.407 e. The van der Waals surface area contributed by atoms with Gasteiger partial charge in [0.15, 0.2) is 0 Å². The van der Waals surface area contributed by atoms with Crippen molar-refractivity contribution in [2.45, 2.75) is 38.6 Å². The molecule has 0 saturated heterocycles. The number of carbonyl (C=O) groups is 1. The van der Waals surface area contributed by atoms with Gasteiger partial charge in [0.1, 0.15) is 23.6 Å². The van der Waals surface area contributed by atoms with Crippen LogP contribution in [0.25, 0.3) is 10.8 Å². The average Bonchev–Trinajstić information content (AvgIpc) is 2.51. The van der Waals surface area contributed by atoms with Crippen molar-refractivity contribution in [3.63, 3.8) is 0 Å². The quantitative estimate of drug-likeness (QED) is 0.803. The standard InChI is InChI=1S/C18H22FNO4/c1-18(2,3)24-17(23)20-10-15(21)16(22)13-8-9-14(19)12-7-5-4-6-11(12)13/h4-9,15-16,21-22H,10H2,1-3H3,(H,20,23). The van der Waals surface area contributed by atoms with Gasteiger partial charge in [-0.2, -0.15) is 0 Å². The Labute approximate surface area is 140 Å². The molecule has 2 unspecified atom stereocenters. The average molecular weight is 335 g/mol. The SMILES string of the molecule is CC(C)(C)OC(=O)NCC(O)C(O)c1ccc(F)c2ccccc12. The number of aliphatic hydroxyl groups is 2. The van der Waals surface area contributed by atoms with E-state index in [0.717, 1.165) is 0 Å². The Hall–Kier alpha value is -2.18. The van der Waals surface area contributed by atoms with Crippen molar-refractivity contribution in [3.8, 4) is 0 Å². The molecular formula is C18H22FNO4. The van der Waals surface area contributed by atoms with Gasteiger partial charge in [0, 0.05) is 11.9 Å². The van der Waals surface area contributed by atoms with E-state index in [2.05, 4.69) is 5.32 Å². The fourth-order valence-electron chi connectivity index (χ4n) is 2.36. The van der Waals surface area contributed by atoms with Crippen molar-refractivity contribution in [2.75, 3.05) is 6.54 Å². The molecule has 3 N–H and O–H groups in total. The van der Waals surface area contributed by atoms with Crippen LogP contribution in [0.2, 0.25) is 0 Å². The molecule has 130 valence electrons. The van der Waals surface area contributed by atoms with Crippen molar-refractivity contribution < 1.29 is 24.1 Å². The summed E-state index contributed by atoms with van der Waals surface area (Å²) in [6.07, 6.45) is -3.21. The van der Waals surface area contributed by atoms with Gasteiger partial charge in [-0.25, -0.2) is 9.18 Å². The third-order valence-corrected chi connectivity index (χ3v) is 3.44. The molecule has 0 heterocycles. The number of nitrogens with one attached hydrogen (secondary N) is 1. The lowest BCUT2D eigenvalue weighted by atomic mass is 9.97. The lowest BCUT2D eigenvalue weighted by molar-refractivity contribution is 0.0136. The molecule has 0 saturated carbocycles. The topological polar surface area (TPSA) is 78.8 Å². The van der Waals surface area contributed by atoms with E-state index in [1.54, 1.807) is 45.0 Å². The van der Waals surface area contributed by atoms with Crippen LogP contribution in [0.1, 0.15) is 32.4 Å². The molecule has 1 amide bonds. The smallest absolute Gasteiger partial charge is 0.407 e. The third kappa shape index (κ3) is 4.43. The van der Waals surface area contributed by atoms with Crippen LogP contribution < -0.4 is 5.32 Å². The first-order valence-corrected chi connectivity index (χ1v) is 7.69. The molecule has 2 atom stereocenters. The molecule has 2 aromatic rings. The van der Waals surface area contributed by atoms with Crippen molar-refractivity contribution in [3.05, 3.63) is 47.8 Å². The van der Waals surface area contributed by atoms with Crippen LogP contribution in [-0.4, -0.2) is 34.6 Å². The van der Waals surface area contributed by atoms with Crippen molar-refractivity contribution in [1.29, 1.82) is 0 Å². The number of carbonyl (C=O) groups excluding carboxylic acids is 1. The second kappa shape index (κ2) is 7.15. The number of halogens is 1. The summed E-state index contributed by atoms with van der Waals surface area (Å²) in [4.78, 5) is 11.6. The van der Waals surface area contributed by atoms with Crippen LogP contribution in [0.5, 0.6) is 0 Å². The van der Waals surface area contributed by atoms with Crippen LogP contribution in [0, 0.1) is 5.82 Å². The van der Waals surface area contributed by atoms with Crippen LogP contribution in [0.15, 0.2) is 36.4 Å². The minimum absolute atomic E-state index is 0.193. The van der Waals surface area contributed by atoms with Gasteiger partial charge in [-0.05, 0) is 37.8 Å². The first-order chi connectivity index (χ1) is 11.2. The molecule has 6 heteroatoms. The van der Waals surface area contributed by atoms with Gasteiger partial charge in [-0.15, -0.1) is 0 Å². The highest BCUT2D eigenvalue weighted by Gasteiger charge is 2.23. The zero-order valence-electron chi connectivity index (χ0n) is 13.9. The molecule has 5 nitrogen and oxygen atoms in total. The van der Waals surface area contributed by atoms with E-state index in [0.29, 0.717) is 16.3 Å². The van der Waals surface area contributed by atoms with E-state index in [1.165, 1.54) is 12.1 Å². The van der Waals surface area contributed by atoms with Crippen LogP contribution in [0.3, 0.4) is 0 Å². The Kier molecular flexibility index (Phi) is 5.41. The fourth-order valence-corrected chi connectivity index (χ4v) is 2.36. The number of ether oxygens (including phenoxy) is 1. The largest absolute Gasteiger partial charge is 0.444 e. The number of rotatable bonds is 4. The predicted octanol–water partition coefficient (Wildman–Crippen LogP) is 2.90. The Morgan fingerprint density at radius 3 is 2.42 bits per heavy atom. The number of aliphatic hydroxyl groups excluding tert-OH is 2. The van der Waals surface area contributed by atoms with Gasteiger partial charge in [0.2, 0.25) is 0 Å². The molecule has 0 fully saturated rings. The highest BCUT2D eigenvalue weighted by molar-refractivity contribution is 5.86. The third-order valence-electron chi connectivity index (χ3n) is 3.44. The molecule has 0 aromatic heterocycles. The number of hydrogen-bond donors (Lipinski definition) is 3. The molecule has 0 aliphatic heterocycles. The van der Waals surface area contributed by atoms with Gasteiger partial charge >= 0.3 is 6.09 Å². The summed E-state index contributed by atoms with van der Waals surface area (Å²) in [6, 6.07) is 9.37. The van der Waals surface area contributed by atoms with E-state index < -0.39 is 29.7 Å². The molecule has 0 bridgehead atoms. The minimum Gasteiger partial charge on any atom is -0.444 e. The predicted molar refractivity (Wildman–Crippen MR) is 89.1 cm³/mol. The molecule has 0 aliphatic carbocycles. The molecule has 0 aliphatic rings. The van der Waals surface area contributed by atoms with Crippen LogP contribution in [0.4, 0.5) is 9.18 Å². The Morgan fingerprint density at radius 2 is 1.79 bits per heavy atom. The zero-order valence-corrected chi connectivity index (χ0v) is 13.9. The normalized spacial score (nSPS) is 14.2. The fraction of sp³-hybridized carbons (Fsp3) is 0.389. The van der Waals surface area contributed by atoms with Gasteiger partial charge < -0.3 is 20.3 Å². The molecule has 2 rings (SSSR count). The van der Waals surface area contributed by atoms with E-state index in [1.807, 2.05) is 0 Å².